The fourth-order valence-electron chi connectivity index (χ4n) is 0.810. The molecule has 0 radical (unpaired) electrons. The normalized spacial score (nSPS) is 10.5. The molecule has 0 aliphatic rings. The number of nitrogens with zero attached hydrogens (tertiary/aromatic N) is 1. The molecule has 4 heteroatoms. The molecule has 0 aliphatic carbocycles. The summed E-state index contributed by atoms with van der Waals surface area (Å²) in [7, 11) is 1.56. The van der Waals surface area contributed by atoms with Gasteiger partial charge >= 0.3 is 0 Å². The number of benzene rings is 1. The Morgan fingerprint density at radius 2 is 2.33 bits per heavy atom. The first-order chi connectivity index (χ1) is 5.77. The number of rotatable bonds is 2. The molecule has 0 unspecified atom stereocenters. The molecular formula is C8H8ClNO2. The number of oxime groups is 1. The first-order valence-corrected chi connectivity index (χ1v) is 3.66. The molecule has 12 heavy (non-hydrogen) atoms. The summed E-state index contributed by atoms with van der Waals surface area (Å²) >= 11 is 5.77. The van der Waals surface area contributed by atoms with Crippen molar-refractivity contribution in [1.29, 1.82) is 0 Å². The fourth-order valence-corrected chi connectivity index (χ4v) is 0.976. The van der Waals surface area contributed by atoms with Gasteiger partial charge in [-0.25, -0.2) is 0 Å². The standard InChI is InChI=1S/C8H8ClNO2/c1-12-7-2-3-8(9)6(4-7)5-10-11/h2-5,11H,1H3/b10-5-. The van der Waals surface area contributed by atoms with Crippen molar-refractivity contribution < 1.29 is 9.94 Å². The second kappa shape index (κ2) is 3.97. The fraction of sp³-hybridized carbons (Fsp3) is 0.125. The van der Waals surface area contributed by atoms with Crippen LogP contribution in [0.3, 0.4) is 0 Å². The summed E-state index contributed by atoms with van der Waals surface area (Å²) in [5.74, 6) is 0.675. The van der Waals surface area contributed by atoms with Crippen molar-refractivity contribution >= 4 is 17.8 Å². The van der Waals surface area contributed by atoms with E-state index in [9.17, 15) is 0 Å². The zero-order valence-corrected chi connectivity index (χ0v) is 7.25. The number of hydrogen-bond donors (Lipinski definition) is 1. The van der Waals surface area contributed by atoms with Gasteiger partial charge in [-0.15, -0.1) is 0 Å². The molecular weight excluding hydrogens is 178 g/mol. The van der Waals surface area contributed by atoms with E-state index in [0.717, 1.165) is 0 Å². The van der Waals surface area contributed by atoms with Gasteiger partial charge in [-0.2, -0.15) is 0 Å². The van der Waals surface area contributed by atoms with E-state index in [2.05, 4.69) is 5.16 Å². The van der Waals surface area contributed by atoms with Crippen LogP contribution in [0.2, 0.25) is 5.02 Å². The zero-order chi connectivity index (χ0) is 8.97. The highest BCUT2D eigenvalue weighted by atomic mass is 35.5. The Kier molecular flexibility index (Phi) is 2.94. The molecule has 0 spiro atoms. The lowest BCUT2D eigenvalue weighted by molar-refractivity contribution is 0.322. The minimum atomic E-state index is 0.522. The molecule has 0 aliphatic heterocycles. The van der Waals surface area contributed by atoms with E-state index < -0.39 is 0 Å². The molecule has 0 bridgehead atoms. The minimum Gasteiger partial charge on any atom is -0.497 e. The molecule has 1 aromatic rings. The van der Waals surface area contributed by atoms with Crippen LogP contribution in [-0.2, 0) is 0 Å². The molecule has 0 atom stereocenters. The van der Waals surface area contributed by atoms with Crippen molar-refractivity contribution in [2.75, 3.05) is 7.11 Å². The van der Waals surface area contributed by atoms with Gasteiger partial charge in [-0.05, 0) is 18.2 Å². The minimum absolute atomic E-state index is 0.522. The third kappa shape index (κ3) is 1.89. The molecule has 3 nitrogen and oxygen atoms in total. The summed E-state index contributed by atoms with van der Waals surface area (Å²) in [6, 6.07) is 5.09. The van der Waals surface area contributed by atoms with Crippen LogP contribution in [0, 0.1) is 0 Å². The quantitative estimate of drug-likeness (QED) is 0.436. The maximum Gasteiger partial charge on any atom is 0.119 e. The predicted octanol–water partition coefficient (Wildman–Crippen LogP) is 2.16. The Morgan fingerprint density at radius 1 is 1.58 bits per heavy atom. The van der Waals surface area contributed by atoms with Crippen molar-refractivity contribution in [3.8, 4) is 5.75 Å². The first-order valence-electron chi connectivity index (χ1n) is 3.29. The summed E-state index contributed by atoms with van der Waals surface area (Å²) < 4.78 is 4.95. The van der Waals surface area contributed by atoms with Crippen molar-refractivity contribution in [3.05, 3.63) is 28.8 Å². The lowest BCUT2D eigenvalue weighted by Crippen LogP contribution is -1.87. The summed E-state index contributed by atoms with van der Waals surface area (Å²) in [4.78, 5) is 0. The van der Waals surface area contributed by atoms with Gasteiger partial charge in [-0.1, -0.05) is 16.8 Å². The molecule has 64 valence electrons. The highest BCUT2D eigenvalue weighted by molar-refractivity contribution is 6.33. The van der Waals surface area contributed by atoms with Gasteiger partial charge in [0.15, 0.2) is 0 Å². The van der Waals surface area contributed by atoms with Crippen LogP contribution >= 0.6 is 11.6 Å². The Labute approximate surface area is 75.2 Å². The van der Waals surface area contributed by atoms with Gasteiger partial charge in [0.05, 0.1) is 13.3 Å². The van der Waals surface area contributed by atoms with Crippen LogP contribution in [0.15, 0.2) is 23.4 Å². The van der Waals surface area contributed by atoms with Gasteiger partial charge in [-0.3, -0.25) is 0 Å². The summed E-state index contributed by atoms with van der Waals surface area (Å²) in [5.41, 5.74) is 0.624. The largest absolute Gasteiger partial charge is 0.497 e. The number of hydrogen-bond acceptors (Lipinski definition) is 3. The van der Waals surface area contributed by atoms with E-state index in [1.54, 1.807) is 25.3 Å². The molecule has 0 saturated carbocycles. The summed E-state index contributed by atoms with van der Waals surface area (Å²) in [6.45, 7) is 0. The van der Waals surface area contributed by atoms with Crippen molar-refractivity contribution in [3.63, 3.8) is 0 Å². The van der Waals surface area contributed by atoms with Crippen LogP contribution in [0.4, 0.5) is 0 Å². The Bertz CT molecular complexity index is 299. The Hall–Kier alpha value is -1.22. The first kappa shape index (κ1) is 8.87. The average molecular weight is 186 g/mol. The molecule has 1 N–H and O–H groups in total. The van der Waals surface area contributed by atoms with Crippen molar-refractivity contribution in [2.24, 2.45) is 5.16 Å². The van der Waals surface area contributed by atoms with E-state index in [0.29, 0.717) is 16.3 Å². The smallest absolute Gasteiger partial charge is 0.119 e. The third-order valence-electron chi connectivity index (χ3n) is 1.40. The SMILES string of the molecule is COc1ccc(Cl)c(/C=N\O)c1. The lowest BCUT2D eigenvalue weighted by atomic mass is 10.2. The number of methoxy groups -OCH3 is 1. The zero-order valence-electron chi connectivity index (χ0n) is 6.49. The third-order valence-corrected chi connectivity index (χ3v) is 1.74. The van der Waals surface area contributed by atoms with Gasteiger partial charge < -0.3 is 9.94 Å². The molecule has 0 heterocycles. The molecule has 0 amide bonds. The maximum atomic E-state index is 8.28. The summed E-state index contributed by atoms with van der Waals surface area (Å²) in [5, 5.41) is 11.7. The molecule has 0 aromatic heterocycles. The van der Waals surface area contributed by atoms with Crippen LogP contribution in [0.25, 0.3) is 0 Å². The topological polar surface area (TPSA) is 41.8 Å². The average Bonchev–Trinajstić information content (AvgIpc) is 2.09. The van der Waals surface area contributed by atoms with Gasteiger partial charge in [0.1, 0.15) is 5.75 Å². The number of ether oxygens (including phenoxy) is 1. The molecule has 0 fully saturated rings. The monoisotopic (exact) mass is 185 g/mol. The van der Waals surface area contributed by atoms with Crippen molar-refractivity contribution in [1.82, 2.24) is 0 Å². The maximum absolute atomic E-state index is 8.28. The van der Waals surface area contributed by atoms with Crippen LogP contribution in [-0.4, -0.2) is 18.5 Å². The molecule has 0 saturated heterocycles. The van der Waals surface area contributed by atoms with Crippen LogP contribution in [0.5, 0.6) is 5.75 Å². The molecule has 1 rings (SSSR count). The van der Waals surface area contributed by atoms with E-state index >= 15 is 0 Å². The van der Waals surface area contributed by atoms with E-state index in [4.69, 9.17) is 21.5 Å². The second-order valence-corrected chi connectivity index (χ2v) is 2.54. The van der Waals surface area contributed by atoms with Gasteiger partial charge in [0.25, 0.3) is 0 Å². The highest BCUT2D eigenvalue weighted by Crippen LogP contribution is 2.20. The van der Waals surface area contributed by atoms with E-state index in [1.807, 2.05) is 0 Å². The van der Waals surface area contributed by atoms with Crippen LogP contribution in [0.1, 0.15) is 5.56 Å². The number of halogens is 1. The van der Waals surface area contributed by atoms with Crippen LogP contribution < -0.4 is 4.74 Å². The van der Waals surface area contributed by atoms with E-state index in [1.165, 1.54) is 6.21 Å². The van der Waals surface area contributed by atoms with Crippen molar-refractivity contribution in [2.45, 2.75) is 0 Å². The molecule has 1 aromatic carbocycles. The second-order valence-electron chi connectivity index (χ2n) is 2.13. The van der Waals surface area contributed by atoms with E-state index in [-0.39, 0.29) is 0 Å². The van der Waals surface area contributed by atoms with Gasteiger partial charge in [0, 0.05) is 10.6 Å². The van der Waals surface area contributed by atoms with Gasteiger partial charge in [0.2, 0.25) is 0 Å². The Morgan fingerprint density at radius 3 is 2.92 bits per heavy atom. The lowest BCUT2D eigenvalue weighted by Gasteiger charge is -2.01. The summed E-state index contributed by atoms with van der Waals surface area (Å²) in [6.07, 6.45) is 1.25. The Balaban J connectivity index is 3.08. The highest BCUT2D eigenvalue weighted by Gasteiger charge is 1.98. The predicted molar refractivity (Wildman–Crippen MR) is 47.4 cm³/mol.